The first kappa shape index (κ1) is 15.3. The zero-order chi connectivity index (χ0) is 15.9. The molecule has 21 heavy (non-hydrogen) atoms. The summed E-state index contributed by atoms with van der Waals surface area (Å²) in [5.74, 6) is -2.39. The number of fused-ring (bicyclic) bond motifs is 1. The lowest BCUT2D eigenvalue weighted by Crippen LogP contribution is -2.62. The largest absolute Gasteiger partial charge is 0.476 e. The monoisotopic (exact) mass is 298 g/mol. The summed E-state index contributed by atoms with van der Waals surface area (Å²) in [5, 5.41) is 21.4. The molecule has 1 saturated heterocycles. The first-order valence-electron chi connectivity index (χ1n) is 6.55. The Kier molecular flexibility index (Phi) is 3.66. The number of β-lactam (4-membered cyclic amide) rings is 1. The van der Waals surface area contributed by atoms with Crippen LogP contribution in [0, 0.1) is 11.3 Å². The van der Waals surface area contributed by atoms with E-state index in [1.165, 1.54) is 6.92 Å². The number of hydrogen-bond acceptors (Lipinski definition) is 5. The summed E-state index contributed by atoms with van der Waals surface area (Å²) < 4.78 is 5.63. The van der Waals surface area contributed by atoms with Crippen LogP contribution in [0.3, 0.4) is 0 Å². The van der Waals surface area contributed by atoms with Crippen LogP contribution >= 0.6 is 0 Å². The molecule has 8 heteroatoms. The molecule has 0 aromatic carbocycles. The fourth-order valence-corrected chi connectivity index (χ4v) is 2.64. The van der Waals surface area contributed by atoms with Gasteiger partial charge in [0, 0.05) is 12.0 Å². The minimum Gasteiger partial charge on any atom is -0.476 e. The Morgan fingerprint density at radius 2 is 2.19 bits per heavy atom. The molecule has 2 aliphatic heterocycles. The van der Waals surface area contributed by atoms with Crippen molar-refractivity contribution in [1.82, 2.24) is 10.2 Å². The third-order valence-corrected chi connectivity index (χ3v) is 3.74. The summed E-state index contributed by atoms with van der Waals surface area (Å²) in [7, 11) is 0. The lowest BCUT2D eigenvalue weighted by atomic mass is 9.88. The Labute approximate surface area is 121 Å². The molecule has 0 aromatic heterocycles. The molecular weight excluding hydrogens is 280 g/mol. The standard InChI is InChI=1S/C13H18N2O6/c1-6(17)7-10(18)15-8(12(19)20)9(21-11(7)15)13(2,3)4-14-5-16/h5-7,11,17H,4H2,1-3H3,(H,14,16)(H,19,20)/t6-,7+,11-/m1/s1. The van der Waals surface area contributed by atoms with Crippen LogP contribution in [0.2, 0.25) is 0 Å². The van der Waals surface area contributed by atoms with Gasteiger partial charge in [-0.05, 0) is 6.92 Å². The van der Waals surface area contributed by atoms with Gasteiger partial charge in [0.25, 0.3) is 0 Å². The number of aliphatic carboxylic acids is 1. The van der Waals surface area contributed by atoms with E-state index in [-0.39, 0.29) is 18.0 Å². The van der Waals surface area contributed by atoms with E-state index < -0.39 is 35.5 Å². The van der Waals surface area contributed by atoms with E-state index in [9.17, 15) is 24.6 Å². The number of hydrogen-bond donors (Lipinski definition) is 3. The number of carboxylic acids is 1. The first-order chi connectivity index (χ1) is 9.72. The molecule has 0 saturated carbocycles. The van der Waals surface area contributed by atoms with Gasteiger partial charge in [0.1, 0.15) is 11.7 Å². The van der Waals surface area contributed by atoms with Gasteiger partial charge in [-0.15, -0.1) is 0 Å². The third kappa shape index (κ3) is 2.25. The quantitative estimate of drug-likeness (QED) is 0.439. The maximum absolute atomic E-state index is 12.0. The molecule has 2 rings (SSSR count). The predicted octanol–water partition coefficient (Wildman–Crippen LogP) is -0.750. The number of rotatable bonds is 6. The Morgan fingerprint density at radius 3 is 2.67 bits per heavy atom. The van der Waals surface area contributed by atoms with Crippen LogP contribution in [-0.4, -0.2) is 52.3 Å². The third-order valence-electron chi connectivity index (χ3n) is 3.74. The van der Waals surface area contributed by atoms with Crippen molar-refractivity contribution in [1.29, 1.82) is 0 Å². The highest BCUT2D eigenvalue weighted by Gasteiger charge is 2.60. The van der Waals surface area contributed by atoms with E-state index in [1.807, 2.05) is 0 Å². The lowest BCUT2D eigenvalue weighted by molar-refractivity contribution is -0.183. The van der Waals surface area contributed by atoms with Gasteiger partial charge in [-0.1, -0.05) is 13.8 Å². The summed E-state index contributed by atoms with van der Waals surface area (Å²) in [6.07, 6.45) is -1.21. The molecule has 1 fully saturated rings. The number of nitrogens with one attached hydrogen (secondary N) is 1. The number of nitrogens with zero attached hydrogens (tertiary/aromatic N) is 1. The summed E-state index contributed by atoms with van der Waals surface area (Å²) in [6.45, 7) is 5.03. The number of carboxylic acid groups (broad SMARTS) is 1. The number of ether oxygens (including phenoxy) is 1. The molecule has 0 bridgehead atoms. The summed E-state index contributed by atoms with van der Waals surface area (Å²) in [5.41, 5.74) is -1.02. The summed E-state index contributed by atoms with van der Waals surface area (Å²) in [4.78, 5) is 35.0. The molecular formula is C13H18N2O6. The maximum Gasteiger partial charge on any atom is 0.356 e. The van der Waals surface area contributed by atoms with Crippen molar-refractivity contribution in [3.8, 4) is 0 Å². The second-order valence-corrected chi connectivity index (χ2v) is 5.85. The van der Waals surface area contributed by atoms with E-state index >= 15 is 0 Å². The van der Waals surface area contributed by atoms with E-state index in [0.717, 1.165) is 4.90 Å². The van der Waals surface area contributed by atoms with Crippen LogP contribution in [0.25, 0.3) is 0 Å². The molecule has 0 aliphatic carbocycles. The molecule has 0 radical (unpaired) electrons. The van der Waals surface area contributed by atoms with Gasteiger partial charge in [-0.25, -0.2) is 4.79 Å². The van der Waals surface area contributed by atoms with E-state index in [1.54, 1.807) is 13.8 Å². The van der Waals surface area contributed by atoms with Gasteiger partial charge in [-0.3, -0.25) is 14.5 Å². The second-order valence-electron chi connectivity index (χ2n) is 5.85. The smallest absolute Gasteiger partial charge is 0.356 e. The van der Waals surface area contributed by atoms with Gasteiger partial charge in [0.05, 0.1) is 6.10 Å². The normalized spacial score (nSPS) is 25.9. The van der Waals surface area contributed by atoms with Crippen LogP contribution in [0.15, 0.2) is 11.5 Å². The fourth-order valence-electron chi connectivity index (χ4n) is 2.64. The second kappa shape index (κ2) is 5.03. The summed E-state index contributed by atoms with van der Waals surface area (Å²) >= 11 is 0. The van der Waals surface area contributed by atoms with E-state index in [2.05, 4.69) is 5.32 Å². The Bertz CT molecular complexity index is 525. The molecule has 8 nitrogen and oxygen atoms in total. The molecule has 0 spiro atoms. The van der Waals surface area contributed by atoms with Crippen molar-refractivity contribution in [2.45, 2.75) is 33.1 Å². The van der Waals surface area contributed by atoms with Crippen molar-refractivity contribution >= 4 is 18.3 Å². The predicted molar refractivity (Wildman–Crippen MR) is 69.4 cm³/mol. The van der Waals surface area contributed by atoms with E-state index in [0.29, 0.717) is 6.41 Å². The van der Waals surface area contributed by atoms with E-state index in [4.69, 9.17) is 4.74 Å². The first-order valence-corrected chi connectivity index (χ1v) is 6.55. The highest BCUT2D eigenvalue weighted by atomic mass is 16.5. The van der Waals surface area contributed by atoms with Crippen LogP contribution in [0.5, 0.6) is 0 Å². The van der Waals surface area contributed by atoms with Crippen LogP contribution in [0.1, 0.15) is 20.8 Å². The van der Waals surface area contributed by atoms with Gasteiger partial charge in [0.15, 0.2) is 11.9 Å². The average molecular weight is 298 g/mol. The lowest BCUT2D eigenvalue weighted by Gasteiger charge is -2.42. The molecule has 0 aromatic rings. The Balaban J connectivity index is 2.35. The average Bonchev–Trinajstić information content (AvgIpc) is 2.71. The van der Waals surface area contributed by atoms with Crippen molar-refractivity contribution in [2.24, 2.45) is 11.3 Å². The Morgan fingerprint density at radius 1 is 1.57 bits per heavy atom. The van der Waals surface area contributed by atoms with Crippen LogP contribution < -0.4 is 5.32 Å². The van der Waals surface area contributed by atoms with Gasteiger partial charge < -0.3 is 20.3 Å². The molecule has 3 atom stereocenters. The highest BCUT2D eigenvalue weighted by Crippen LogP contribution is 2.46. The molecule has 3 N–H and O–H groups in total. The zero-order valence-corrected chi connectivity index (χ0v) is 12.0. The molecule has 116 valence electrons. The molecule has 2 heterocycles. The molecule has 0 unspecified atom stereocenters. The van der Waals surface area contributed by atoms with Gasteiger partial charge >= 0.3 is 5.97 Å². The van der Waals surface area contributed by atoms with Crippen molar-refractivity contribution in [3.63, 3.8) is 0 Å². The topological polar surface area (TPSA) is 116 Å². The maximum atomic E-state index is 12.0. The Hall–Kier alpha value is -2.09. The number of amides is 2. The van der Waals surface area contributed by atoms with Crippen molar-refractivity contribution in [2.75, 3.05) is 6.54 Å². The highest BCUT2D eigenvalue weighted by molar-refractivity contribution is 5.98. The van der Waals surface area contributed by atoms with Crippen molar-refractivity contribution < 1.29 is 29.3 Å². The minimum atomic E-state index is -1.27. The van der Waals surface area contributed by atoms with Crippen molar-refractivity contribution in [3.05, 3.63) is 11.5 Å². The fraction of sp³-hybridized carbons (Fsp3) is 0.615. The van der Waals surface area contributed by atoms with Gasteiger partial charge in [-0.2, -0.15) is 0 Å². The SMILES string of the molecule is C[C@@H](O)[C@H]1C(=O)N2C(C(=O)O)=C(C(C)(C)CNC=O)O[C@H]12. The van der Waals surface area contributed by atoms with Gasteiger partial charge in [0.2, 0.25) is 12.3 Å². The molecule has 2 aliphatic rings. The number of carbonyl (C=O) groups is 3. The minimum absolute atomic E-state index is 0.130. The number of aliphatic hydroxyl groups excluding tert-OH is 1. The van der Waals surface area contributed by atoms with Crippen LogP contribution in [0.4, 0.5) is 0 Å². The molecule has 2 amide bonds. The number of aliphatic hydroxyl groups is 1. The zero-order valence-electron chi connectivity index (χ0n) is 12.0. The summed E-state index contributed by atoms with van der Waals surface area (Å²) in [6, 6.07) is 0. The number of carbonyl (C=O) groups excluding carboxylic acids is 2. The van der Waals surface area contributed by atoms with Crippen LogP contribution in [-0.2, 0) is 19.1 Å².